The van der Waals surface area contributed by atoms with Crippen molar-refractivity contribution in [2.45, 2.75) is 6.92 Å². The summed E-state index contributed by atoms with van der Waals surface area (Å²) >= 11 is 0. The maximum absolute atomic E-state index is 12.8. The predicted octanol–water partition coefficient (Wildman–Crippen LogP) is 1.65. The van der Waals surface area contributed by atoms with E-state index in [1.807, 2.05) is 0 Å². The van der Waals surface area contributed by atoms with E-state index in [-0.39, 0.29) is 35.7 Å². The van der Waals surface area contributed by atoms with Crippen molar-refractivity contribution in [2.75, 3.05) is 44.8 Å². The number of aliphatic hydroxyl groups is 1. The van der Waals surface area contributed by atoms with Crippen LogP contribution in [0.25, 0.3) is 0 Å². The first kappa shape index (κ1) is 26.0. The highest BCUT2D eigenvalue weighted by Crippen LogP contribution is 2.24. The molecular weight excluding hydrogens is 446 g/mol. The molecular formula is C23H25N3O8. The summed E-state index contributed by atoms with van der Waals surface area (Å²) in [4.78, 5) is 49.1. The first-order valence-corrected chi connectivity index (χ1v) is 10.0. The van der Waals surface area contributed by atoms with Crippen molar-refractivity contribution in [3.63, 3.8) is 0 Å². The molecule has 0 aliphatic rings. The van der Waals surface area contributed by atoms with Gasteiger partial charge in [-0.25, -0.2) is 9.59 Å². The minimum atomic E-state index is -0.809. The summed E-state index contributed by atoms with van der Waals surface area (Å²) in [5.74, 6) is -2.54. The van der Waals surface area contributed by atoms with Crippen molar-refractivity contribution in [1.29, 1.82) is 0 Å². The van der Waals surface area contributed by atoms with Crippen LogP contribution in [-0.2, 0) is 19.1 Å². The SMILES string of the molecule is COC(=O)c1cc(C(=O)OC)cc(N(C)/N=C(/C(C)=O)C(=O)Nc2ccccc2OCCO)c1. The number of amides is 1. The molecule has 34 heavy (non-hydrogen) atoms. The van der Waals surface area contributed by atoms with E-state index in [0.29, 0.717) is 5.75 Å². The molecule has 0 aromatic heterocycles. The van der Waals surface area contributed by atoms with Crippen molar-refractivity contribution >= 4 is 40.7 Å². The lowest BCUT2D eigenvalue weighted by Gasteiger charge is -2.17. The molecule has 0 spiro atoms. The molecule has 0 aliphatic carbocycles. The largest absolute Gasteiger partial charge is 0.489 e. The summed E-state index contributed by atoms with van der Waals surface area (Å²) in [6, 6.07) is 10.6. The van der Waals surface area contributed by atoms with Gasteiger partial charge in [0.1, 0.15) is 12.4 Å². The summed E-state index contributed by atoms with van der Waals surface area (Å²) in [6.45, 7) is 0.971. The average Bonchev–Trinajstić information content (AvgIpc) is 2.84. The summed E-state index contributed by atoms with van der Waals surface area (Å²) in [6.07, 6.45) is 0. The van der Waals surface area contributed by atoms with Crippen molar-refractivity contribution in [1.82, 2.24) is 0 Å². The minimum absolute atomic E-state index is 0.0162. The molecule has 0 atom stereocenters. The van der Waals surface area contributed by atoms with Crippen LogP contribution < -0.4 is 15.1 Å². The van der Waals surface area contributed by atoms with Gasteiger partial charge in [0.05, 0.1) is 43.3 Å². The Balaban J connectivity index is 2.41. The van der Waals surface area contributed by atoms with Crippen molar-refractivity contribution in [2.24, 2.45) is 5.10 Å². The highest BCUT2D eigenvalue weighted by molar-refractivity contribution is 6.67. The van der Waals surface area contributed by atoms with Crippen LogP contribution in [0.4, 0.5) is 11.4 Å². The number of rotatable bonds is 10. The molecule has 0 unspecified atom stereocenters. The van der Waals surface area contributed by atoms with E-state index in [2.05, 4.69) is 10.4 Å². The Hall–Kier alpha value is -4.25. The van der Waals surface area contributed by atoms with Crippen LogP contribution >= 0.6 is 0 Å². The lowest BCUT2D eigenvalue weighted by molar-refractivity contribution is -0.114. The average molecular weight is 471 g/mol. The zero-order valence-corrected chi connectivity index (χ0v) is 19.2. The number of carbonyl (C=O) groups excluding carboxylic acids is 4. The maximum Gasteiger partial charge on any atom is 0.337 e. The van der Waals surface area contributed by atoms with E-state index in [9.17, 15) is 19.2 Å². The van der Waals surface area contributed by atoms with Gasteiger partial charge in [-0.05, 0) is 30.3 Å². The fourth-order valence-corrected chi connectivity index (χ4v) is 2.79. The third-order valence-corrected chi connectivity index (χ3v) is 4.42. The fraction of sp³-hybridized carbons (Fsp3) is 0.261. The monoisotopic (exact) mass is 471 g/mol. The predicted molar refractivity (Wildman–Crippen MR) is 123 cm³/mol. The molecule has 180 valence electrons. The summed E-state index contributed by atoms with van der Waals surface area (Å²) in [5, 5.41) is 16.8. The molecule has 11 heteroatoms. The van der Waals surface area contributed by atoms with Gasteiger partial charge in [-0.2, -0.15) is 5.10 Å². The quantitative estimate of drug-likeness (QED) is 0.229. The Morgan fingerprint density at radius 3 is 2.12 bits per heavy atom. The number of Topliss-reactive ketones (excluding diaryl/α,β-unsaturated/α-hetero) is 1. The van der Waals surface area contributed by atoms with Gasteiger partial charge in [0, 0.05) is 14.0 Å². The molecule has 0 saturated carbocycles. The highest BCUT2D eigenvalue weighted by Gasteiger charge is 2.21. The second-order valence-corrected chi connectivity index (χ2v) is 6.80. The number of methoxy groups -OCH3 is 2. The number of hydrogen-bond donors (Lipinski definition) is 2. The number of aliphatic hydroxyl groups excluding tert-OH is 1. The maximum atomic E-state index is 12.8. The number of nitrogens with one attached hydrogen (secondary N) is 1. The third kappa shape index (κ3) is 6.62. The standard InChI is InChI=1S/C23H25N3O8/c1-14(28)20(21(29)24-18-7-5-6-8-19(18)34-10-9-27)25-26(2)17-12-15(22(30)32-3)11-16(13-17)23(31)33-4/h5-8,11-13,27H,9-10H2,1-4H3,(H,24,29)/b25-20-. The number of hydrazone groups is 1. The van der Waals surface area contributed by atoms with Crippen LogP contribution in [0.15, 0.2) is 47.6 Å². The van der Waals surface area contributed by atoms with Crippen LogP contribution in [0.5, 0.6) is 5.75 Å². The molecule has 2 aromatic rings. The van der Waals surface area contributed by atoms with Gasteiger partial charge < -0.3 is 24.6 Å². The topological polar surface area (TPSA) is 144 Å². The first-order valence-electron chi connectivity index (χ1n) is 10.0. The number of para-hydroxylation sites is 2. The van der Waals surface area contributed by atoms with E-state index < -0.39 is 29.3 Å². The lowest BCUT2D eigenvalue weighted by Crippen LogP contribution is -2.31. The van der Waals surface area contributed by atoms with Gasteiger partial charge in [0.2, 0.25) is 0 Å². The van der Waals surface area contributed by atoms with Crippen molar-refractivity contribution in [3.8, 4) is 5.75 Å². The van der Waals surface area contributed by atoms with E-state index in [1.165, 1.54) is 51.4 Å². The molecule has 0 saturated heterocycles. The Labute approximate surface area is 195 Å². The molecule has 2 N–H and O–H groups in total. The molecule has 0 heterocycles. The number of anilines is 2. The van der Waals surface area contributed by atoms with Gasteiger partial charge in [-0.3, -0.25) is 14.6 Å². The number of nitrogens with zero attached hydrogens (tertiary/aromatic N) is 2. The molecule has 0 fully saturated rings. The Morgan fingerprint density at radius 2 is 1.59 bits per heavy atom. The highest BCUT2D eigenvalue weighted by atomic mass is 16.5. The van der Waals surface area contributed by atoms with Crippen LogP contribution in [0, 0.1) is 0 Å². The van der Waals surface area contributed by atoms with Gasteiger partial charge in [-0.1, -0.05) is 12.1 Å². The number of carbonyl (C=O) groups is 4. The second kappa shape index (κ2) is 12.1. The number of benzene rings is 2. The third-order valence-electron chi connectivity index (χ3n) is 4.42. The number of ether oxygens (including phenoxy) is 3. The molecule has 0 aliphatic heterocycles. The summed E-state index contributed by atoms with van der Waals surface area (Å²) in [7, 11) is 3.82. The van der Waals surface area contributed by atoms with Crippen molar-refractivity contribution in [3.05, 3.63) is 53.6 Å². The Morgan fingerprint density at radius 1 is 1.00 bits per heavy atom. The normalized spacial score (nSPS) is 10.8. The van der Waals surface area contributed by atoms with Gasteiger partial charge >= 0.3 is 11.9 Å². The first-order chi connectivity index (χ1) is 16.2. The zero-order valence-electron chi connectivity index (χ0n) is 19.2. The molecule has 0 bridgehead atoms. The van der Waals surface area contributed by atoms with E-state index in [0.717, 1.165) is 0 Å². The lowest BCUT2D eigenvalue weighted by atomic mass is 10.1. The van der Waals surface area contributed by atoms with E-state index >= 15 is 0 Å². The minimum Gasteiger partial charge on any atom is -0.489 e. The second-order valence-electron chi connectivity index (χ2n) is 6.80. The summed E-state index contributed by atoms with van der Waals surface area (Å²) < 4.78 is 14.8. The van der Waals surface area contributed by atoms with Gasteiger partial charge in [0.15, 0.2) is 11.5 Å². The van der Waals surface area contributed by atoms with Crippen LogP contribution in [0.2, 0.25) is 0 Å². The van der Waals surface area contributed by atoms with Crippen LogP contribution in [0.1, 0.15) is 27.6 Å². The van der Waals surface area contributed by atoms with E-state index in [4.69, 9.17) is 19.3 Å². The Bertz CT molecular complexity index is 1080. The molecule has 2 rings (SSSR count). The molecule has 11 nitrogen and oxygen atoms in total. The number of esters is 2. The summed E-state index contributed by atoms with van der Waals surface area (Å²) in [5.41, 5.74) is 0.153. The molecule has 0 radical (unpaired) electrons. The van der Waals surface area contributed by atoms with Crippen molar-refractivity contribution < 1.29 is 38.5 Å². The Kier molecular flexibility index (Phi) is 9.27. The molecule has 1 amide bonds. The number of ketones is 1. The molecule has 2 aromatic carbocycles. The van der Waals surface area contributed by atoms with Gasteiger partial charge in [-0.15, -0.1) is 0 Å². The smallest absolute Gasteiger partial charge is 0.337 e. The van der Waals surface area contributed by atoms with Crippen LogP contribution in [-0.4, -0.2) is 68.9 Å². The zero-order chi connectivity index (χ0) is 25.3. The number of hydrogen-bond acceptors (Lipinski definition) is 10. The van der Waals surface area contributed by atoms with Crippen LogP contribution in [0.3, 0.4) is 0 Å². The fourth-order valence-electron chi connectivity index (χ4n) is 2.79. The van der Waals surface area contributed by atoms with Gasteiger partial charge in [0.25, 0.3) is 5.91 Å². The van der Waals surface area contributed by atoms with E-state index in [1.54, 1.807) is 24.3 Å².